The van der Waals surface area contributed by atoms with Crippen LogP contribution in [0.15, 0.2) is 0 Å². The first-order chi connectivity index (χ1) is 17.8. The van der Waals surface area contributed by atoms with E-state index in [0.29, 0.717) is 45.3 Å². The topological polar surface area (TPSA) is 116 Å². The summed E-state index contributed by atoms with van der Waals surface area (Å²) in [5, 5.41) is 11.5. The number of unbranched alkanes of at least 4 members (excludes halogenated alkanes) is 9. The molecule has 8 heteroatoms. The fraction of sp³-hybridized carbons (Fsp3) is 0.862. The molecule has 1 atom stereocenters. The predicted octanol–water partition coefficient (Wildman–Crippen LogP) is 4.76. The van der Waals surface area contributed by atoms with E-state index >= 15 is 0 Å². The molecule has 1 unspecified atom stereocenters. The van der Waals surface area contributed by atoms with E-state index in [1.54, 1.807) is 0 Å². The number of hydrogen-bond acceptors (Lipinski definition) is 4. The Balaban J connectivity index is 4.42. The minimum atomic E-state index is -0.608. The molecule has 0 spiro atoms. The second-order valence-corrected chi connectivity index (χ2v) is 10.5. The number of carbonyl (C=O) groups excluding carboxylic acids is 4. The highest BCUT2D eigenvalue weighted by Crippen LogP contribution is 2.07. The summed E-state index contributed by atoms with van der Waals surface area (Å²) in [6.45, 7) is 9.56. The standard InChI is InChI=1S/C29H56N4O4/c1-5-7-9-11-13-18-26(34)30-20-16-15-17-25(33-27(35)19-14-12-10-8-6-2)29(37)32-22-21-31-28(36)23-24(3)4/h24-25H,5-23H2,1-4H3,(H,30,34)(H,31,36)(H,32,37)(H,33,35). The van der Waals surface area contributed by atoms with E-state index in [0.717, 1.165) is 51.4 Å². The van der Waals surface area contributed by atoms with Gasteiger partial charge in [0.1, 0.15) is 6.04 Å². The van der Waals surface area contributed by atoms with Gasteiger partial charge in [0, 0.05) is 38.9 Å². The molecule has 0 bridgehead atoms. The van der Waals surface area contributed by atoms with Crippen molar-refractivity contribution in [3.05, 3.63) is 0 Å². The Kier molecular flexibility index (Phi) is 22.8. The third-order valence-electron chi connectivity index (χ3n) is 6.25. The van der Waals surface area contributed by atoms with E-state index in [4.69, 9.17) is 0 Å². The molecule has 0 heterocycles. The van der Waals surface area contributed by atoms with Crippen molar-refractivity contribution >= 4 is 23.6 Å². The summed E-state index contributed by atoms with van der Waals surface area (Å²) in [6, 6.07) is -0.608. The maximum Gasteiger partial charge on any atom is 0.242 e. The molecule has 0 aromatic carbocycles. The fourth-order valence-corrected chi connectivity index (χ4v) is 4.06. The molecular weight excluding hydrogens is 468 g/mol. The Bertz CT molecular complexity index is 625. The van der Waals surface area contributed by atoms with Gasteiger partial charge in [-0.2, -0.15) is 0 Å². The zero-order chi connectivity index (χ0) is 27.7. The third-order valence-corrected chi connectivity index (χ3v) is 6.25. The van der Waals surface area contributed by atoms with Gasteiger partial charge < -0.3 is 21.3 Å². The average Bonchev–Trinajstić information content (AvgIpc) is 2.84. The summed E-state index contributed by atoms with van der Waals surface area (Å²) in [6.07, 6.45) is 14.4. The zero-order valence-corrected chi connectivity index (χ0v) is 24.2. The van der Waals surface area contributed by atoms with Crippen LogP contribution in [0.25, 0.3) is 0 Å². The van der Waals surface area contributed by atoms with Crippen LogP contribution in [-0.2, 0) is 19.2 Å². The van der Waals surface area contributed by atoms with E-state index < -0.39 is 6.04 Å². The van der Waals surface area contributed by atoms with Gasteiger partial charge in [-0.25, -0.2) is 0 Å². The minimum Gasteiger partial charge on any atom is -0.356 e. The van der Waals surface area contributed by atoms with Crippen LogP contribution in [0.5, 0.6) is 0 Å². The van der Waals surface area contributed by atoms with Gasteiger partial charge in [0.05, 0.1) is 0 Å². The van der Waals surface area contributed by atoms with Crippen LogP contribution in [-0.4, -0.2) is 49.3 Å². The molecule has 0 radical (unpaired) electrons. The van der Waals surface area contributed by atoms with Gasteiger partial charge in [0.2, 0.25) is 23.6 Å². The lowest BCUT2D eigenvalue weighted by Crippen LogP contribution is -2.48. The van der Waals surface area contributed by atoms with Gasteiger partial charge in [-0.1, -0.05) is 79.1 Å². The van der Waals surface area contributed by atoms with E-state index in [1.807, 2.05) is 13.8 Å². The highest BCUT2D eigenvalue weighted by molar-refractivity contribution is 5.87. The fourth-order valence-electron chi connectivity index (χ4n) is 4.06. The molecule has 0 aliphatic rings. The Labute approximate surface area is 226 Å². The van der Waals surface area contributed by atoms with Gasteiger partial charge in [0.25, 0.3) is 0 Å². The molecule has 0 rings (SSSR count). The number of rotatable bonds is 24. The summed E-state index contributed by atoms with van der Waals surface area (Å²) in [5.74, 6) is 0.0143. The van der Waals surface area contributed by atoms with Crippen molar-refractivity contribution in [3.63, 3.8) is 0 Å². The summed E-state index contributed by atoms with van der Waals surface area (Å²) in [4.78, 5) is 49.0. The van der Waals surface area contributed by atoms with Crippen LogP contribution in [0.2, 0.25) is 0 Å². The van der Waals surface area contributed by atoms with Gasteiger partial charge in [-0.15, -0.1) is 0 Å². The molecule has 4 N–H and O–H groups in total. The predicted molar refractivity (Wildman–Crippen MR) is 151 cm³/mol. The zero-order valence-electron chi connectivity index (χ0n) is 24.2. The molecule has 4 amide bonds. The van der Waals surface area contributed by atoms with Crippen molar-refractivity contribution in [2.45, 2.75) is 136 Å². The normalized spacial score (nSPS) is 11.7. The van der Waals surface area contributed by atoms with Crippen LogP contribution < -0.4 is 21.3 Å². The largest absolute Gasteiger partial charge is 0.356 e. The molecule has 0 aliphatic carbocycles. The van der Waals surface area contributed by atoms with E-state index in [2.05, 4.69) is 35.1 Å². The lowest BCUT2D eigenvalue weighted by Gasteiger charge is -2.19. The molecule has 0 aromatic rings. The van der Waals surface area contributed by atoms with E-state index in [-0.39, 0.29) is 29.5 Å². The first-order valence-electron chi connectivity index (χ1n) is 14.9. The second kappa shape index (κ2) is 24.2. The number of nitrogens with one attached hydrogen (secondary N) is 4. The highest BCUT2D eigenvalue weighted by atomic mass is 16.2. The van der Waals surface area contributed by atoms with Crippen LogP contribution >= 0.6 is 0 Å². The smallest absolute Gasteiger partial charge is 0.242 e. The molecule has 0 aliphatic heterocycles. The first kappa shape index (κ1) is 34.9. The molecule has 37 heavy (non-hydrogen) atoms. The maximum absolute atomic E-state index is 12.8. The summed E-state index contributed by atoms with van der Waals surface area (Å²) >= 11 is 0. The Morgan fingerprint density at radius 3 is 1.70 bits per heavy atom. The second-order valence-electron chi connectivity index (χ2n) is 10.5. The van der Waals surface area contributed by atoms with Gasteiger partial charge in [-0.05, 0) is 38.0 Å². The van der Waals surface area contributed by atoms with Gasteiger partial charge >= 0.3 is 0 Å². The average molecular weight is 525 g/mol. The molecule has 8 nitrogen and oxygen atoms in total. The van der Waals surface area contributed by atoms with Crippen molar-refractivity contribution in [2.24, 2.45) is 5.92 Å². The minimum absolute atomic E-state index is 0.0276. The van der Waals surface area contributed by atoms with Crippen molar-refractivity contribution in [2.75, 3.05) is 19.6 Å². The molecule has 216 valence electrons. The molecule has 0 saturated carbocycles. The molecular formula is C29H56N4O4. The van der Waals surface area contributed by atoms with Gasteiger partial charge in [-0.3, -0.25) is 19.2 Å². The lowest BCUT2D eigenvalue weighted by molar-refractivity contribution is -0.129. The molecule has 0 aromatic heterocycles. The summed E-state index contributed by atoms with van der Waals surface area (Å²) in [7, 11) is 0. The first-order valence-corrected chi connectivity index (χ1v) is 14.9. The van der Waals surface area contributed by atoms with Crippen LogP contribution in [0.4, 0.5) is 0 Å². The summed E-state index contributed by atoms with van der Waals surface area (Å²) < 4.78 is 0. The lowest BCUT2D eigenvalue weighted by atomic mass is 10.1. The van der Waals surface area contributed by atoms with Crippen molar-refractivity contribution in [3.8, 4) is 0 Å². The van der Waals surface area contributed by atoms with Crippen LogP contribution in [0, 0.1) is 5.92 Å². The van der Waals surface area contributed by atoms with Crippen molar-refractivity contribution in [1.82, 2.24) is 21.3 Å². The third kappa shape index (κ3) is 22.8. The molecule has 0 fully saturated rings. The van der Waals surface area contributed by atoms with Crippen molar-refractivity contribution in [1.29, 1.82) is 0 Å². The SMILES string of the molecule is CCCCCCCC(=O)NCCCCC(NC(=O)CCCCCCC)C(=O)NCCNC(=O)CC(C)C. The number of amides is 4. The number of carbonyl (C=O) groups is 4. The molecule has 0 saturated heterocycles. The van der Waals surface area contributed by atoms with E-state index in [9.17, 15) is 19.2 Å². The summed E-state index contributed by atoms with van der Waals surface area (Å²) in [5.41, 5.74) is 0. The quantitative estimate of drug-likeness (QED) is 0.136. The Morgan fingerprint density at radius 1 is 0.568 bits per heavy atom. The highest BCUT2D eigenvalue weighted by Gasteiger charge is 2.20. The van der Waals surface area contributed by atoms with Crippen LogP contribution in [0.1, 0.15) is 130 Å². The van der Waals surface area contributed by atoms with Gasteiger partial charge in [0.15, 0.2) is 0 Å². The van der Waals surface area contributed by atoms with E-state index in [1.165, 1.54) is 25.7 Å². The number of hydrogen-bond donors (Lipinski definition) is 4. The Morgan fingerprint density at radius 2 is 1.11 bits per heavy atom. The van der Waals surface area contributed by atoms with Crippen molar-refractivity contribution < 1.29 is 19.2 Å². The monoisotopic (exact) mass is 524 g/mol. The maximum atomic E-state index is 12.8. The Hall–Kier alpha value is -2.12. The van der Waals surface area contributed by atoms with Crippen LogP contribution in [0.3, 0.4) is 0 Å².